The van der Waals surface area contributed by atoms with Crippen molar-refractivity contribution in [3.63, 3.8) is 0 Å². The molecule has 0 fully saturated rings. The molecule has 1 N–H and O–H groups in total. The number of hydrogen-bond donors (Lipinski definition) is 1. The summed E-state index contributed by atoms with van der Waals surface area (Å²) in [5, 5.41) is 10.1. The molecule has 1 unspecified atom stereocenters. The van der Waals surface area contributed by atoms with Crippen molar-refractivity contribution in [3.05, 3.63) is 85.6 Å². The van der Waals surface area contributed by atoms with Crippen LogP contribution in [0, 0.1) is 7.14 Å². The van der Waals surface area contributed by atoms with Gasteiger partial charge in [0.1, 0.15) is 11.5 Å². The summed E-state index contributed by atoms with van der Waals surface area (Å²) in [6.07, 6.45) is 1.78. The molecule has 0 saturated carbocycles. The summed E-state index contributed by atoms with van der Waals surface area (Å²) in [7, 11) is 0. The molecule has 7 nitrogen and oxygen atoms in total. The molecule has 0 amide bonds. The lowest BCUT2D eigenvalue weighted by Gasteiger charge is -2.24. The molecule has 2 aromatic carbocycles. The van der Waals surface area contributed by atoms with Gasteiger partial charge in [-0.05, 0) is 107 Å². The van der Waals surface area contributed by atoms with Gasteiger partial charge in [-0.1, -0.05) is 23.5 Å². The zero-order chi connectivity index (χ0) is 25.3. The molecule has 1 aliphatic heterocycles. The summed E-state index contributed by atoms with van der Waals surface area (Å²) >= 11 is 5.39. The third kappa shape index (κ3) is 5.19. The van der Waals surface area contributed by atoms with E-state index in [-0.39, 0.29) is 17.9 Å². The molecule has 1 atom stereocenters. The first-order chi connectivity index (χ1) is 16.7. The van der Waals surface area contributed by atoms with Crippen LogP contribution < -0.4 is 19.6 Å². The number of nitrogens with zero attached hydrogens (tertiary/aromatic N) is 2. The minimum absolute atomic E-state index is 0.216. The highest BCUT2D eigenvalue weighted by atomic mass is 127. The fourth-order valence-corrected chi connectivity index (χ4v) is 6.70. The number of ether oxygens (including phenoxy) is 2. The molecular formula is C25H22I2N2O5S. The fraction of sp³-hybridized carbons (Fsp3) is 0.240. The lowest BCUT2D eigenvalue weighted by Crippen LogP contribution is -2.39. The van der Waals surface area contributed by atoms with Gasteiger partial charge in [0.05, 0.1) is 42.2 Å². The molecule has 0 saturated heterocycles. The Labute approximate surface area is 233 Å². The number of hydrogen-bond acceptors (Lipinski definition) is 7. The SMILES string of the molecule is CCOC(=O)C1=C(C)N=c2sc(=Cc3cc(I)c(O)c(I)c3)c(=O)n2C1c1ccc(OCC)cc1. The quantitative estimate of drug-likeness (QED) is 0.307. The van der Waals surface area contributed by atoms with Crippen LogP contribution >= 0.6 is 56.5 Å². The summed E-state index contributed by atoms with van der Waals surface area (Å²) in [4.78, 5) is 31.8. The molecule has 35 heavy (non-hydrogen) atoms. The van der Waals surface area contributed by atoms with Crippen LogP contribution in [-0.2, 0) is 9.53 Å². The average molecular weight is 716 g/mol. The number of phenols is 1. The fourth-order valence-electron chi connectivity index (χ4n) is 3.84. The zero-order valence-corrected chi connectivity index (χ0v) is 24.3. The van der Waals surface area contributed by atoms with Crippen molar-refractivity contribution in [2.24, 2.45) is 4.99 Å². The minimum Gasteiger partial charge on any atom is -0.506 e. The maximum Gasteiger partial charge on any atom is 0.338 e. The molecule has 0 aliphatic carbocycles. The monoisotopic (exact) mass is 716 g/mol. The number of aromatic hydroxyl groups is 1. The van der Waals surface area contributed by atoms with Crippen molar-refractivity contribution in [2.75, 3.05) is 13.2 Å². The first kappa shape index (κ1) is 25.9. The maximum atomic E-state index is 13.7. The second-order valence-electron chi connectivity index (χ2n) is 7.64. The predicted octanol–water partition coefficient (Wildman–Crippen LogP) is 4.11. The largest absolute Gasteiger partial charge is 0.506 e. The van der Waals surface area contributed by atoms with E-state index < -0.39 is 12.0 Å². The number of aromatic nitrogens is 1. The highest BCUT2D eigenvalue weighted by molar-refractivity contribution is 14.1. The number of thiazole rings is 1. The lowest BCUT2D eigenvalue weighted by molar-refractivity contribution is -0.139. The average Bonchev–Trinajstić information content (AvgIpc) is 3.11. The van der Waals surface area contributed by atoms with Gasteiger partial charge in [0.25, 0.3) is 5.56 Å². The molecule has 0 spiro atoms. The van der Waals surface area contributed by atoms with Crippen LogP contribution in [0.4, 0.5) is 0 Å². The topological polar surface area (TPSA) is 90.1 Å². The van der Waals surface area contributed by atoms with Crippen LogP contribution in [0.3, 0.4) is 0 Å². The van der Waals surface area contributed by atoms with Crippen LogP contribution in [-0.4, -0.2) is 28.9 Å². The van der Waals surface area contributed by atoms with E-state index in [2.05, 4.69) is 50.2 Å². The second-order valence-corrected chi connectivity index (χ2v) is 11.0. The molecule has 1 aliphatic rings. The molecule has 0 bridgehead atoms. The number of carbonyl (C=O) groups excluding carboxylic acids is 1. The van der Waals surface area contributed by atoms with Crippen molar-refractivity contribution in [1.82, 2.24) is 4.57 Å². The number of fused-ring (bicyclic) bond motifs is 1. The van der Waals surface area contributed by atoms with Crippen molar-refractivity contribution >= 4 is 68.6 Å². The van der Waals surface area contributed by atoms with Crippen LogP contribution in [0.1, 0.15) is 37.9 Å². The van der Waals surface area contributed by atoms with Crippen LogP contribution in [0.5, 0.6) is 11.5 Å². The van der Waals surface area contributed by atoms with E-state index in [1.54, 1.807) is 24.5 Å². The van der Waals surface area contributed by atoms with Gasteiger partial charge in [0.15, 0.2) is 4.80 Å². The van der Waals surface area contributed by atoms with E-state index >= 15 is 0 Å². The Bertz CT molecular complexity index is 1480. The van der Waals surface area contributed by atoms with Gasteiger partial charge in [-0.2, -0.15) is 0 Å². The molecule has 2 heterocycles. The molecular weight excluding hydrogens is 694 g/mol. The molecule has 3 aromatic rings. The van der Waals surface area contributed by atoms with Gasteiger partial charge in [0.2, 0.25) is 0 Å². The van der Waals surface area contributed by atoms with E-state index in [1.807, 2.05) is 43.3 Å². The Morgan fingerprint density at radius 3 is 2.43 bits per heavy atom. The number of esters is 1. The van der Waals surface area contributed by atoms with Gasteiger partial charge in [-0.3, -0.25) is 9.36 Å². The Morgan fingerprint density at radius 1 is 1.17 bits per heavy atom. The van der Waals surface area contributed by atoms with Gasteiger partial charge in [-0.25, -0.2) is 9.79 Å². The Balaban J connectivity index is 1.92. The number of phenolic OH excluding ortho intramolecular Hbond substituents is 1. The first-order valence-electron chi connectivity index (χ1n) is 10.9. The van der Waals surface area contributed by atoms with Gasteiger partial charge in [-0.15, -0.1) is 0 Å². The zero-order valence-electron chi connectivity index (χ0n) is 19.2. The highest BCUT2D eigenvalue weighted by Crippen LogP contribution is 2.32. The van der Waals surface area contributed by atoms with E-state index in [0.29, 0.717) is 40.1 Å². The molecule has 4 rings (SSSR count). The Kier molecular flexibility index (Phi) is 8.01. The predicted molar refractivity (Wildman–Crippen MR) is 152 cm³/mol. The van der Waals surface area contributed by atoms with Crippen molar-refractivity contribution in [1.29, 1.82) is 0 Å². The smallest absolute Gasteiger partial charge is 0.338 e. The van der Waals surface area contributed by atoms with Crippen molar-refractivity contribution in [3.8, 4) is 11.5 Å². The molecule has 0 radical (unpaired) electrons. The van der Waals surface area contributed by atoms with Crippen LogP contribution in [0.15, 0.2) is 57.5 Å². The van der Waals surface area contributed by atoms with Crippen LogP contribution in [0.2, 0.25) is 0 Å². The van der Waals surface area contributed by atoms with E-state index in [1.165, 1.54) is 11.3 Å². The van der Waals surface area contributed by atoms with Gasteiger partial charge >= 0.3 is 5.97 Å². The number of halogens is 2. The number of allylic oxidation sites excluding steroid dienone is 1. The number of carbonyl (C=O) groups is 1. The lowest BCUT2D eigenvalue weighted by atomic mass is 9.96. The number of benzene rings is 2. The minimum atomic E-state index is -0.678. The van der Waals surface area contributed by atoms with Crippen molar-refractivity contribution in [2.45, 2.75) is 26.8 Å². The van der Waals surface area contributed by atoms with Gasteiger partial charge in [0, 0.05) is 0 Å². The summed E-state index contributed by atoms with van der Waals surface area (Å²) in [5.74, 6) is 0.429. The summed E-state index contributed by atoms with van der Waals surface area (Å²) < 4.78 is 14.3. The van der Waals surface area contributed by atoms with Crippen LogP contribution in [0.25, 0.3) is 6.08 Å². The molecule has 10 heteroatoms. The molecule has 182 valence electrons. The third-order valence-electron chi connectivity index (χ3n) is 5.36. The summed E-state index contributed by atoms with van der Waals surface area (Å²) in [6.45, 7) is 6.17. The summed E-state index contributed by atoms with van der Waals surface area (Å²) in [6, 6.07) is 10.3. The van der Waals surface area contributed by atoms with E-state index in [4.69, 9.17) is 9.47 Å². The standard InChI is InChI=1S/C25H22I2N2O5S/c1-4-33-16-8-6-15(7-9-16)21-20(24(32)34-5-2)13(3)28-25-29(21)23(31)19(35-25)12-14-10-17(26)22(30)18(27)11-14/h6-12,21,30H,4-5H2,1-3H3. The third-order valence-corrected chi connectivity index (χ3v) is 7.99. The Morgan fingerprint density at radius 2 is 1.83 bits per heavy atom. The maximum absolute atomic E-state index is 13.7. The van der Waals surface area contributed by atoms with E-state index in [9.17, 15) is 14.7 Å². The number of rotatable bonds is 6. The molecule has 1 aromatic heterocycles. The van der Waals surface area contributed by atoms with Gasteiger partial charge < -0.3 is 14.6 Å². The normalized spacial score (nSPS) is 15.6. The summed E-state index contributed by atoms with van der Waals surface area (Å²) in [5.41, 5.74) is 2.15. The van der Waals surface area contributed by atoms with Crippen molar-refractivity contribution < 1.29 is 19.4 Å². The highest BCUT2D eigenvalue weighted by Gasteiger charge is 2.33. The second kappa shape index (κ2) is 10.8. The van der Waals surface area contributed by atoms with E-state index in [0.717, 1.165) is 11.1 Å². The Hall–Kier alpha value is -2.19. The first-order valence-corrected chi connectivity index (χ1v) is 13.8.